The lowest BCUT2D eigenvalue weighted by molar-refractivity contribution is -0.140. The number of hydrogen-bond acceptors (Lipinski definition) is 3. The van der Waals surface area contributed by atoms with Gasteiger partial charge in [-0.3, -0.25) is 4.79 Å². The fourth-order valence-corrected chi connectivity index (χ4v) is 7.83. The molecule has 0 N–H and O–H groups in total. The number of esters is 1. The van der Waals surface area contributed by atoms with Crippen LogP contribution in [0.4, 0.5) is 0 Å². The average Bonchev–Trinajstić information content (AvgIpc) is 3.27. The number of rotatable bonds is 7. The molecule has 0 aliphatic heterocycles. The number of fused-ring (bicyclic) bond motifs is 1. The minimum atomic E-state index is -1.73. The molecule has 0 heterocycles. The first-order valence-corrected chi connectivity index (χ1v) is 14.6. The topological polar surface area (TPSA) is 35.5 Å². The van der Waals surface area contributed by atoms with Gasteiger partial charge >= 0.3 is 5.97 Å². The predicted molar refractivity (Wildman–Crippen MR) is 118 cm³/mol. The molecule has 0 aromatic heterocycles. The Bertz CT molecular complexity index is 575. The molecule has 3 saturated carbocycles. The lowest BCUT2D eigenvalue weighted by atomic mass is 9.60. The quantitative estimate of drug-likeness (QED) is 0.346. The molecule has 162 valence electrons. The van der Waals surface area contributed by atoms with Crippen molar-refractivity contribution in [1.82, 2.24) is 0 Å². The van der Waals surface area contributed by atoms with Gasteiger partial charge in [0.05, 0.1) is 7.11 Å². The van der Waals surface area contributed by atoms with E-state index in [1.54, 1.807) is 0 Å². The van der Waals surface area contributed by atoms with Crippen molar-refractivity contribution in [2.24, 2.45) is 22.7 Å². The minimum Gasteiger partial charge on any atom is -0.469 e. The van der Waals surface area contributed by atoms with Crippen LogP contribution in [-0.4, -0.2) is 27.5 Å². The molecule has 3 aliphatic carbocycles. The fourth-order valence-electron chi connectivity index (χ4n) is 6.44. The van der Waals surface area contributed by atoms with Crippen LogP contribution in [0.3, 0.4) is 0 Å². The molecule has 3 aliphatic rings. The third-order valence-corrected chi connectivity index (χ3v) is 13.7. The van der Waals surface area contributed by atoms with Crippen molar-refractivity contribution >= 4 is 14.3 Å². The predicted octanol–water partition coefficient (Wildman–Crippen LogP) is 6.72. The first-order chi connectivity index (χ1) is 13.0. The third kappa shape index (κ3) is 4.10. The van der Waals surface area contributed by atoms with Crippen LogP contribution in [0.2, 0.25) is 18.1 Å². The summed E-state index contributed by atoms with van der Waals surface area (Å²) in [5.41, 5.74) is 0.948. The summed E-state index contributed by atoms with van der Waals surface area (Å²) < 4.78 is 11.9. The van der Waals surface area contributed by atoms with E-state index in [0.717, 1.165) is 18.3 Å². The highest BCUT2D eigenvalue weighted by atomic mass is 28.4. The monoisotopic (exact) mass is 408 g/mol. The van der Waals surface area contributed by atoms with Crippen molar-refractivity contribution in [1.29, 1.82) is 0 Å². The summed E-state index contributed by atoms with van der Waals surface area (Å²) in [6, 6.07) is 0. The summed E-state index contributed by atoms with van der Waals surface area (Å²) in [7, 11) is -0.224. The van der Waals surface area contributed by atoms with E-state index in [0.29, 0.717) is 23.4 Å². The molecule has 4 atom stereocenters. The van der Waals surface area contributed by atoms with Gasteiger partial charge in [0.25, 0.3) is 0 Å². The summed E-state index contributed by atoms with van der Waals surface area (Å²) in [6.07, 6.45) is 12.7. The highest BCUT2D eigenvalue weighted by Gasteiger charge is 2.62. The second-order valence-corrected chi connectivity index (χ2v) is 16.6. The molecule has 28 heavy (non-hydrogen) atoms. The van der Waals surface area contributed by atoms with Gasteiger partial charge in [0.1, 0.15) is 0 Å². The van der Waals surface area contributed by atoms with E-state index in [4.69, 9.17) is 9.16 Å². The number of ether oxygens (including phenoxy) is 1. The Kier molecular flexibility index (Phi) is 6.16. The smallest absolute Gasteiger partial charge is 0.305 e. The van der Waals surface area contributed by atoms with Crippen molar-refractivity contribution < 1.29 is 14.0 Å². The molecule has 0 radical (unpaired) electrons. The number of carbonyl (C=O) groups is 1. The maximum absolute atomic E-state index is 11.6. The van der Waals surface area contributed by atoms with Gasteiger partial charge in [-0.15, -0.1) is 0 Å². The Morgan fingerprint density at radius 2 is 1.79 bits per heavy atom. The summed E-state index contributed by atoms with van der Waals surface area (Å²) >= 11 is 0. The summed E-state index contributed by atoms with van der Waals surface area (Å²) in [4.78, 5) is 11.6. The second kappa shape index (κ2) is 7.72. The lowest BCUT2D eigenvalue weighted by Crippen LogP contribution is -2.50. The zero-order valence-electron chi connectivity index (χ0n) is 19.5. The van der Waals surface area contributed by atoms with Crippen LogP contribution in [0, 0.1) is 22.7 Å². The normalized spacial score (nSPS) is 34.8. The molecule has 0 spiro atoms. The van der Waals surface area contributed by atoms with Gasteiger partial charge in [0.2, 0.25) is 0 Å². The molecule has 3 unspecified atom stereocenters. The molecule has 4 heteroatoms. The Balaban J connectivity index is 1.69. The Hall–Kier alpha value is -0.353. The summed E-state index contributed by atoms with van der Waals surface area (Å²) in [6.45, 7) is 14.5. The molecular formula is C24H44O3Si. The molecule has 0 amide bonds. The van der Waals surface area contributed by atoms with Gasteiger partial charge in [-0.1, -0.05) is 34.1 Å². The number of hydrogen-bond donors (Lipinski definition) is 0. The molecule has 3 fully saturated rings. The van der Waals surface area contributed by atoms with Gasteiger partial charge in [0.15, 0.2) is 8.32 Å². The summed E-state index contributed by atoms with van der Waals surface area (Å²) in [5, 5.41) is 0.282. The van der Waals surface area contributed by atoms with Crippen LogP contribution >= 0.6 is 0 Å². The molecule has 0 bridgehead atoms. The van der Waals surface area contributed by atoms with E-state index in [-0.39, 0.29) is 11.0 Å². The van der Waals surface area contributed by atoms with Crippen molar-refractivity contribution in [2.75, 3.05) is 7.11 Å². The minimum absolute atomic E-state index is 0.0492. The first kappa shape index (κ1) is 22.3. The van der Waals surface area contributed by atoms with E-state index in [1.807, 2.05) is 0 Å². The van der Waals surface area contributed by atoms with Crippen molar-refractivity contribution in [3.05, 3.63) is 0 Å². The van der Waals surface area contributed by atoms with Crippen LogP contribution < -0.4 is 0 Å². The molecular weight excluding hydrogens is 364 g/mol. The lowest BCUT2D eigenvalue weighted by Gasteiger charge is -2.50. The zero-order chi connectivity index (χ0) is 20.8. The van der Waals surface area contributed by atoms with Gasteiger partial charge in [-0.2, -0.15) is 0 Å². The fraction of sp³-hybridized carbons (Fsp3) is 0.958. The van der Waals surface area contributed by atoms with Crippen LogP contribution in [-0.2, 0) is 14.0 Å². The van der Waals surface area contributed by atoms with Gasteiger partial charge < -0.3 is 9.16 Å². The van der Waals surface area contributed by atoms with Gasteiger partial charge in [0, 0.05) is 12.5 Å². The first-order valence-electron chi connectivity index (χ1n) is 11.7. The van der Waals surface area contributed by atoms with Crippen molar-refractivity contribution in [3.63, 3.8) is 0 Å². The molecule has 0 saturated heterocycles. The Labute approximate surface area is 174 Å². The van der Waals surface area contributed by atoms with E-state index < -0.39 is 8.32 Å². The SMILES string of the molecule is COC(=O)CCCC1(C2CCC3C(O[Si](C)(C)C(C)(C)C)CCC[C@@]32C)CC1. The standard InChI is InChI=1S/C24H44O3Si/c1-22(2,3)28(6,7)27-19-10-8-14-23(4)18(19)12-13-20(23)24(16-17-24)15-9-11-21(25)26-5/h18-20H,8-17H2,1-7H3/t18?,19?,20?,23-/m0/s1. The van der Waals surface area contributed by atoms with Gasteiger partial charge in [-0.25, -0.2) is 0 Å². The van der Waals surface area contributed by atoms with Crippen LogP contribution in [0.1, 0.15) is 91.9 Å². The van der Waals surface area contributed by atoms with Crippen molar-refractivity contribution in [3.8, 4) is 0 Å². The van der Waals surface area contributed by atoms with Gasteiger partial charge in [-0.05, 0) is 92.2 Å². The maximum Gasteiger partial charge on any atom is 0.305 e. The zero-order valence-corrected chi connectivity index (χ0v) is 20.5. The maximum atomic E-state index is 11.6. The molecule has 3 rings (SSSR count). The van der Waals surface area contributed by atoms with E-state index in [9.17, 15) is 4.79 Å². The molecule has 0 aromatic rings. The van der Waals surface area contributed by atoms with Crippen LogP contribution in [0.5, 0.6) is 0 Å². The second-order valence-electron chi connectivity index (χ2n) is 11.8. The van der Waals surface area contributed by atoms with Crippen LogP contribution in [0.15, 0.2) is 0 Å². The Morgan fingerprint density at radius 3 is 2.36 bits per heavy atom. The number of methoxy groups -OCH3 is 1. The largest absolute Gasteiger partial charge is 0.469 e. The van der Waals surface area contributed by atoms with E-state index in [1.165, 1.54) is 58.5 Å². The third-order valence-electron chi connectivity index (χ3n) is 9.23. The Morgan fingerprint density at radius 1 is 1.11 bits per heavy atom. The molecule has 0 aromatic carbocycles. The summed E-state index contributed by atoms with van der Waals surface area (Å²) in [5.74, 6) is 1.51. The van der Waals surface area contributed by atoms with Crippen LogP contribution in [0.25, 0.3) is 0 Å². The van der Waals surface area contributed by atoms with Crippen molar-refractivity contribution in [2.45, 2.75) is 116 Å². The highest BCUT2D eigenvalue weighted by Crippen LogP contribution is 2.69. The van der Waals surface area contributed by atoms with E-state index >= 15 is 0 Å². The molecule has 3 nitrogen and oxygen atoms in total. The van der Waals surface area contributed by atoms with E-state index in [2.05, 4.69) is 40.8 Å². The highest BCUT2D eigenvalue weighted by molar-refractivity contribution is 6.74. The number of carbonyl (C=O) groups excluding carboxylic acids is 1. The average molecular weight is 409 g/mol.